The van der Waals surface area contributed by atoms with Crippen LogP contribution in [0.4, 0.5) is 0 Å². The molecule has 0 spiro atoms. The van der Waals surface area contributed by atoms with Crippen LogP contribution in [-0.2, 0) is 25.6 Å². The van der Waals surface area contributed by atoms with Crippen molar-refractivity contribution in [3.8, 4) is 0 Å². The van der Waals surface area contributed by atoms with Crippen LogP contribution in [0.15, 0.2) is 30.5 Å². The fraction of sp³-hybridized carbons (Fsp3) is 0.571. The van der Waals surface area contributed by atoms with Gasteiger partial charge in [0.2, 0.25) is 17.7 Å². The predicted molar refractivity (Wildman–Crippen MR) is 147 cm³/mol. The topological polar surface area (TPSA) is 166 Å². The van der Waals surface area contributed by atoms with Crippen molar-refractivity contribution in [3.05, 3.63) is 36.0 Å². The van der Waals surface area contributed by atoms with Gasteiger partial charge in [-0.1, -0.05) is 66.2 Å². The van der Waals surface area contributed by atoms with Gasteiger partial charge in [0.15, 0.2) is 0 Å². The van der Waals surface area contributed by atoms with Crippen molar-refractivity contribution in [2.24, 2.45) is 23.5 Å². The Bertz CT molecular complexity index is 1110. The van der Waals surface area contributed by atoms with Gasteiger partial charge in [0, 0.05) is 17.1 Å². The molecular weight excluding hydrogens is 486 g/mol. The average Bonchev–Trinajstić information content (AvgIpc) is 3.26. The van der Waals surface area contributed by atoms with Crippen molar-refractivity contribution in [2.75, 3.05) is 0 Å². The molecule has 0 aliphatic carbocycles. The van der Waals surface area contributed by atoms with Gasteiger partial charge in [-0.3, -0.25) is 14.4 Å². The first-order valence-electron chi connectivity index (χ1n) is 13.3. The molecule has 5 unspecified atom stereocenters. The minimum Gasteiger partial charge on any atom is -0.480 e. The summed E-state index contributed by atoms with van der Waals surface area (Å²) in [5.41, 5.74) is 8.09. The van der Waals surface area contributed by atoms with E-state index in [9.17, 15) is 24.3 Å². The maximum absolute atomic E-state index is 13.4. The molecule has 38 heavy (non-hydrogen) atoms. The Kier molecular flexibility index (Phi) is 11.3. The molecule has 0 saturated heterocycles. The first-order valence-corrected chi connectivity index (χ1v) is 13.3. The molecule has 0 saturated carbocycles. The fourth-order valence-electron chi connectivity index (χ4n) is 4.32. The van der Waals surface area contributed by atoms with Crippen LogP contribution >= 0.6 is 0 Å². The Morgan fingerprint density at radius 1 is 0.921 bits per heavy atom. The van der Waals surface area contributed by atoms with Crippen molar-refractivity contribution in [1.82, 2.24) is 20.9 Å². The van der Waals surface area contributed by atoms with E-state index >= 15 is 0 Å². The maximum atomic E-state index is 13.4. The molecule has 0 aliphatic heterocycles. The molecule has 2 rings (SSSR count). The summed E-state index contributed by atoms with van der Waals surface area (Å²) < 4.78 is 0. The molecule has 210 valence electrons. The van der Waals surface area contributed by atoms with Gasteiger partial charge in [0.25, 0.3) is 0 Å². The summed E-state index contributed by atoms with van der Waals surface area (Å²) in [6, 6.07) is 3.90. The van der Waals surface area contributed by atoms with E-state index in [2.05, 4.69) is 20.9 Å². The summed E-state index contributed by atoms with van der Waals surface area (Å²) in [5, 5.41) is 18.5. The summed E-state index contributed by atoms with van der Waals surface area (Å²) in [5.74, 6) is -3.21. The molecule has 1 aromatic carbocycles. The molecule has 0 fully saturated rings. The number of aliphatic carboxylic acids is 1. The molecule has 2 aromatic rings. The number of carbonyl (C=O) groups is 4. The zero-order chi connectivity index (χ0) is 28.6. The zero-order valence-electron chi connectivity index (χ0n) is 23.2. The normalized spacial score (nSPS) is 15.5. The SMILES string of the molecule is CCC(C)C(NC(=O)C(N)Cc1c[nH]c2ccccc12)C(=O)NC(CC(C)C)C(=O)NC(C(=O)O)C(C)C. The molecule has 10 heteroatoms. The van der Waals surface area contributed by atoms with Crippen molar-refractivity contribution in [3.63, 3.8) is 0 Å². The molecule has 1 aromatic heterocycles. The minimum atomic E-state index is -1.14. The molecule has 0 radical (unpaired) electrons. The molecule has 3 amide bonds. The molecule has 0 bridgehead atoms. The number of carboxylic acid groups (broad SMARTS) is 1. The average molecular weight is 530 g/mol. The number of hydrogen-bond donors (Lipinski definition) is 6. The highest BCUT2D eigenvalue weighted by molar-refractivity contribution is 5.94. The number of benzene rings is 1. The van der Waals surface area contributed by atoms with Gasteiger partial charge in [-0.15, -0.1) is 0 Å². The van der Waals surface area contributed by atoms with Gasteiger partial charge >= 0.3 is 5.97 Å². The number of aromatic amines is 1. The lowest BCUT2D eigenvalue weighted by Crippen LogP contribution is -2.59. The van der Waals surface area contributed by atoms with E-state index in [4.69, 9.17) is 5.73 Å². The number of carboxylic acids is 1. The number of fused-ring (bicyclic) bond motifs is 1. The third-order valence-electron chi connectivity index (χ3n) is 6.82. The monoisotopic (exact) mass is 529 g/mol. The van der Waals surface area contributed by atoms with Crippen LogP contribution in [0.5, 0.6) is 0 Å². The highest BCUT2D eigenvalue weighted by Crippen LogP contribution is 2.19. The Morgan fingerprint density at radius 3 is 2.13 bits per heavy atom. The van der Waals surface area contributed by atoms with Gasteiger partial charge in [0.1, 0.15) is 18.1 Å². The van der Waals surface area contributed by atoms with Crippen molar-refractivity contribution < 1.29 is 24.3 Å². The van der Waals surface area contributed by atoms with Crippen LogP contribution < -0.4 is 21.7 Å². The zero-order valence-corrected chi connectivity index (χ0v) is 23.2. The number of hydrogen-bond acceptors (Lipinski definition) is 5. The Labute approximate surface area is 224 Å². The number of rotatable bonds is 14. The molecular formula is C28H43N5O5. The number of aromatic nitrogens is 1. The van der Waals surface area contributed by atoms with E-state index in [0.717, 1.165) is 16.5 Å². The van der Waals surface area contributed by atoms with Gasteiger partial charge in [-0.25, -0.2) is 4.79 Å². The lowest BCUT2D eigenvalue weighted by molar-refractivity contribution is -0.143. The minimum absolute atomic E-state index is 0.0506. The standard InChI is InChI=1S/C28H43N5O5/c1-7-17(6)24(33-25(34)20(29)13-18-14-30-21-11-9-8-10-19(18)21)27(36)31-22(12-15(2)3)26(35)32-23(16(4)5)28(37)38/h8-11,14-17,20,22-24,30H,7,12-13,29H2,1-6H3,(H,31,36)(H,32,35)(H,33,34)(H,37,38). The molecule has 1 heterocycles. The van der Waals surface area contributed by atoms with E-state index in [-0.39, 0.29) is 24.2 Å². The van der Waals surface area contributed by atoms with Crippen LogP contribution in [-0.4, -0.2) is 57.9 Å². The van der Waals surface area contributed by atoms with E-state index in [1.165, 1.54) is 0 Å². The van der Waals surface area contributed by atoms with E-state index < -0.39 is 47.9 Å². The van der Waals surface area contributed by atoms with Gasteiger partial charge < -0.3 is 31.8 Å². The summed E-state index contributed by atoms with van der Waals surface area (Å²) in [6.45, 7) is 10.9. The van der Waals surface area contributed by atoms with Gasteiger partial charge in [0.05, 0.1) is 6.04 Å². The number of amides is 3. The number of nitrogens with two attached hydrogens (primary N) is 1. The highest BCUT2D eigenvalue weighted by Gasteiger charge is 2.33. The Balaban J connectivity index is 2.15. The predicted octanol–water partition coefficient (Wildman–Crippen LogP) is 2.32. The Hall–Kier alpha value is -3.40. The van der Waals surface area contributed by atoms with E-state index in [1.807, 2.05) is 58.2 Å². The lowest BCUT2D eigenvalue weighted by atomic mass is 9.95. The first kappa shape index (κ1) is 30.8. The second-order valence-electron chi connectivity index (χ2n) is 10.8. The van der Waals surface area contributed by atoms with Crippen molar-refractivity contribution in [2.45, 2.75) is 85.0 Å². The first-order chi connectivity index (χ1) is 17.8. The summed E-state index contributed by atoms with van der Waals surface area (Å²) in [4.78, 5) is 54.2. The fourth-order valence-corrected chi connectivity index (χ4v) is 4.32. The lowest BCUT2D eigenvalue weighted by Gasteiger charge is -2.29. The molecule has 10 nitrogen and oxygen atoms in total. The third kappa shape index (κ3) is 8.31. The smallest absolute Gasteiger partial charge is 0.326 e. The number of para-hydroxylation sites is 1. The van der Waals surface area contributed by atoms with Gasteiger partial charge in [-0.2, -0.15) is 0 Å². The third-order valence-corrected chi connectivity index (χ3v) is 6.82. The van der Waals surface area contributed by atoms with Crippen molar-refractivity contribution >= 4 is 34.6 Å². The van der Waals surface area contributed by atoms with Crippen LogP contribution in [0, 0.1) is 17.8 Å². The molecule has 7 N–H and O–H groups in total. The highest BCUT2D eigenvalue weighted by atomic mass is 16.4. The van der Waals surface area contributed by atoms with E-state index in [1.54, 1.807) is 13.8 Å². The largest absolute Gasteiger partial charge is 0.480 e. The van der Waals surface area contributed by atoms with Crippen LogP contribution in [0.2, 0.25) is 0 Å². The second-order valence-corrected chi connectivity index (χ2v) is 10.8. The quantitative estimate of drug-likeness (QED) is 0.220. The summed E-state index contributed by atoms with van der Waals surface area (Å²) >= 11 is 0. The molecule has 0 aliphatic rings. The van der Waals surface area contributed by atoms with Crippen LogP contribution in [0.25, 0.3) is 10.9 Å². The Morgan fingerprint density at radius 2 is 1.55 bits per heavy atom. The number of H-pyrrole nitrogens is 1. The van der Waals surface area contributed by atoms with Crippen LogP contribution in [0.1, 0.15) is 59.9 Å². The number of nitrogens with one attached hydrogen (secondary N) is 4. The van der Waals surface area contributed by atoms with Crippen LogP contribution in [0.3, 0.4) is 0 Å². The van der Waals surface area contributed by atoms with E-state index in [0.29, 0.717) is 12.8 Å². The van der Waals surface area contributed by atoms with Gasteiger partial charge in [-0.05, 0) is 42.2 Å². The van der Waals surface area contributed by atoms with Crippen molar-refractivity contribution in [1.29, 1.82) is 0 Å². The summed E-state index contributed by atoms with van der Waals surface area (Å²) in [7, 11) is 0. The number of carbonyl (C=O) groups excluding carboxylic acids is 3. The summed E-state index contributed by atoms with van der Waals surface area (Å²) in [6.07, 6.45) is 3.02. The maximum Gasteiger partial charge on any atom is 0.326 e. The second kappa shape index (κ2) is 13.9. The molecule has 5 atom stereocenters.